The number of nitrogens with zero attached hydrogens (tertiary/aromatic N) is 2. The van der Waals surface area contributed by atoms with E-state index < -0.39 is 20.0 Å². The minimum atomic E-state index is -3.66. The molecule has 0 atom stereocenters. The van der Waals surface area contributed by atoms with Crippen LogP contribution >= 0.6 is 0 Å². The van der Waals surface area contributed by atoms with E-state index in [2.05, 4.69) is 4.72 Å². The third-order valence-corrected chi connectivity index (χ3v) is 11.6. The maximum atomic E-state index is 14.0. The van der Waals surface area contributed by atoms with Crippen LogP contribution in [0.4, 0.5) is 11.4 Å². The van der Waals surface area contributed by atoms with Crippen LogP contribution in [0.3, 0.4) is 0 Å². The van der Waals surface area contributed by atoms with Gasteiger partial charge in [0.1, 0.15) is 0 Å². The van der Waals surface area contributed by atoms with E-state index in [1.807, 2.05) is 12.1 Å². The Balaban J connectivity index is 0.00000308. The van der Waals surface area contributed by atoms with Crippen molar-refractivity contribution in [2.75, 3.05) is 35.5 Å². The molecular weight excluding hydrogens is 522 g/mol. The average Bonchev–Trinajstić information content (AvgIpc) is 3.60. The zero-order valence-corrected chi connectivity index (χ0v) is 23.4. The summed E-state index contributed by atoms with van der Waals surface area (Å²) in [6.07, 6.45) is 10.5. The largest absolute Gasteiger partial charge is 0.307 e. The van der Waals surface area contributed by atoms with Crippen molar-refractivity contribution in [3.05, 3.63) is 53.6 Å². The van der Waals surface area contributed by atoms with Crippen LogP contribution in [0.15, 0.2) is 47.4 Å². The normalized spacial score (nSPS) is 22.4. The number of benzene rings is 2. The third kappa shape index (κ3) is 4.64. The summed E-state index contributed by atoms with van der Waals surface area (Å²) < 4.78 is 54.5. The highest BCUT2D eigenvalue weighted by atomic mass is 32.2. The molecule has 1 N–H and O–H groups in total. The molecule has 206 valence electrons. The van der Waals surface area contributed by atoms with Crippen molar-refractivity contribution < 1.29 is 23.1 Å². The number of sulfonamides is 2. The molecule has 2 heterocycles. The van der Waals surface area contributed by atoms with Gasteiger partial charge in [0.25, 0.3) is 5.91 Å². The molecular formula is C28H37N3O5S2. The summed E-state index contributed by atoms with van der Waals surface area (Å²) in [4.78, 5) is 15.9. The van der Waals surface area contributed by atoms with Crippen LogP contribution in [0.2, 0.25) is 0 Å². The van der Waals surface area contributed by atoms with Gasteiger partial charge in [-0.3, -0.25) is 9.52 Å². The molecule has 2 aromatic rings. The van der Waals surface area contributed by atoms with Crippen LogP contribution in [-0.2, 0) is 25.5 Å². The smallest absolute Gasteiger partial charge is 0.258 e. The number of fused-ring (bicyclic) bond motifs is 2. The molecule has 0 radical (unpaired) electrons. The van der Waals surface area contributed by atoms with Gasteiger partial charge in [0.2, 0.25) is 20.0 Å². The van der Waals surface area contributed by atoms with Crippen LogP contribution in [0.25, 0.3) is 0 Å². The predicted molar refractivity (Wildman–Crippen MR) is 150 cm³/mol. The van der Waals surface area contributed by atoms with Crippen LogP contribution in [0, 0.1) is 5.41 Å². The molecule has 0 bridgehead atoms. The second kappa shape index (κ2) is 9.06. The molecule has 8 nitrogen and oxygen atoms in total. The summed E-state index contributed by atoms with van der Waals surface area (Å²) in [6, 6.07) is 11.8. The van der Waals surface area contributed by atoms with Crippen molar-refractivity contribution in [2.45, 2.75) is 68.1 Å². The predicted octanol–water partition coefficient (Wildman–Crippen LogP) is 4.73. The van der Waals surface area contributed by atoms with E-state index in [9.17, 15) is 21.6 Å². The minimum absolute atomic E-state index is 0. The summed E-state index contributed by atoms with van der Waals surface area (Å²) in [5.41, 5.74) is 2.87. The van der Waals surface area contributed by atoms with E-state index >= 15 is 0 Å². The lowest BCUT2D eigenvalue weighted by Gasteiger charge is -2.38. The Hall–Kier alpha value is -2.43. The molecule has 6 rings (SSSR count). The van der Waals surface area contributed by atoms with Crippen molar-refractivity contribution in [2.24, 2.45) is 5.41 Å². The summed E-state index contributed by atoms with van der Waals surface area (Å²) in [5.74, 6) is -0.227. The topological polar surface area (TPSA) is 104 Å². The molecule has 3 fully saturated rings. The Kier molecular flexibility index (Phi) is 6.16. The monoisotopic (exact) mass is 559 g/mol. The number of anilines is 2. The van der Waals surface area contributed by atoms with Gasteiger partial charge in [-0.15, -0.1) is 0 Å². The Morgan fingerprint density at radius 1 is 0.895 bits per heavy atom. The van der Waals surface area contributed by atoms with Crippen LogP contribution in [-0.4, -0.2) is 52.9 Å². The fourth-order valence-corrected chi connectivity index (χ4v) is 8.81. The number of carbonyl (C=O) groups excluding carboxylic acids is 1. The van der Waals surface area contributed by atoms with E-state index in [1.54, 1.807) is 29.2 Å². The van der Waals surface area contributed by atoms with Crippen molar-refractivity contribution in [1.29, 1.82) is 0 Å². The van der Waals surface area contributed by atoms with Crippen LogP contribution < -0.4 is 9.62 Å². The maximum absolute atomic E-state index is 14.0. The highest BCUT2D eigenvalue weighted by molar-refractivity contribution is 7.92. The first kappa shape index (κ1) is 25.8. The molecule has 1 amide bonds. The Bertz CT molecular complexity index is 1490. The molecule has 10 heteroatoms. The van der Waals surface area contributed by atoms with E-state index in [1.165, 1.54) is 23.2 Å². The second-order valence-electron chi connectivity index (χ2n) is 11.8. The first-order chi connectivity index (χ1) is 18.0. The quantitative estimate of drug-likeness (QED) is 0.570. The van der Waals surface area contributed by atoms with E-state index in [-0.39, 0.29) is 17.6 Å². The van der Waals surface area contributed by atoms with Gasteiger partial charge in [-0.1, -0.05) is 12.5 Å². The fourth-order valence-electron chi connectivity index (χ4n) is 6.69. The van der Waals surface area contributed by atoms with Gasteiger partial charge in [0.05, 0.1) is 11.2 Å². The Morgan fingerprint density at radius 2 is 1.58 bits per heavy atom. The van der Waals surface area contributed by atoms with Gasteiger partial charge in [0, 0.05) is 43.4 Å². The molecule has 4 aliphatic rings. The molecule has 0 aromatic heterocycles. The lowest BCUT2D eigenvalue weighted by Crippen LogP contribution is -2.40. The number of nitrogens with one attached hydrogen (secondary N) is 1. The van der Waals surface area contributed by atoms with Gasteiger partial charge in [-0.2, -0.15) is 4.31 Å². The molecule has 2 aliphatic heterocycles. The highest BCUT2D eigenvalue weighted by Crippen LogP contribution is 2.62. The average molecular weight is 560 g/mol. The number of hydrogen-bond acceptors (Lipinski definition) is 5. The van der Waals surface area contributed by atoms with Gasteiger partial charge in [0.15, 0.2) is 0 Å². The van der Waals surface area contributed by atoms with Gasteiger partial charge < -0.3 is 4.90 Å². The Morgan fingerprint density at radius 3 is 2.24 bits per heavy atom. The van der Waals surface area contributed by atoms with E-state index in [4.69, 9.17) is 0 Å². The van der Waals surface area contributed by atoms with Crippen LogP contribution in [0.5, 0.6) is 0 Å². The molecule has 0 unspecified atom stereocenters. The summed E-state index contributed by atoms with van der Waals surface area (Å²) in [5, 5.41) is 0. The lowest BCUT2D eigenvalue weighted by molar-refractivity contribution is 0.0980. The van der Waals surface area contributed by atoms with Gasteiger partial charge in [-0.25, -0.2) is 16.8 Å². The summed E-state index contributed by atoms with van der Waals surface area (Å²) in [7, 11) is -7.10. The van der Waals surface area contributed by atoms with Crippen molar-refractivity contribution >= 4 is 37.3 Å². The zero-order chi connectivity index (χ0) is 26.8. The van der Waals surface area contributed by atoms with Crippen molar-refractivity contribution in [1.82, 2.24) is 4.31 Å². The molecule has 2 aliphatic carbocycles. The van der Waals surface area contributed by atoms with Gasteiger partial charge in [-0.05, 0) is 98.7 Å². The van der Waals surface area contributed by atoms with Crippen LogP contribution in [0.1, 0.15) is 75.1 Å². The Labute approximate surface area is 227 Å². The molecule has 38 heavy (non-hydrogen) atoms. The zero-order valence-electron chi connectivity index (χ0n) is 21.8. The minimum Gasteiger partial charge on any atom is -0.307 e. The van der Waals surface area contributed by atoms with Crippen molar-refractivity contribution in [3.63, 3.8) is 0 Å². The molecule has 2 aromatic carbocycles. The molecule has 2 saturated carbocycles. The first-order valence-electron chi connectivity index (χ1n) is 13.6. The van der Waals surface area contributed by atoms with E-state index in [0.29, 0.717) is 36.3 Å². The summed E-state index contributed by atoms with van der Waals surface area (Å²) in [6.45, 7) is 1.53. The van der Waals surface area contributed by atoms with E-state index in [0.717, 1.165) is 62.5 Å². The third-order valence-electron chi connectivity index (χ3n) is 9.13. The lowest BCUT2D eigenvalue weighted by atomic mass is 9.66. The number of rotatable bonds is 5. The number of piperidine rings is 1. The summed E-state index contributed by atoms with van der Waals surface area (Å²) >= 11 is 0. The first-order valence-corrected chi connectivity index (χ1v) is 16.9. The van der Waals surface area contributed by atoms with Gasteiger partial charge >= 0.3 is 0 Å². The standard InChI is InChI=1S/C28H35N3O5S2.H2/c1-37(33,34)29-22-8-9-25-24(19-22)28(14-12-27(10-11-27)13-15-28)20-31(25)26(32)21-6-5-7-23(18-21)38(35,36)30-16-3-2-4-17-30;/h5-9,18-19,29H,2-4,10-17,20H2,1H3;1H. The SMILES string of the molecule is CS(=O)(=O)Nc1ccc2c(c1)C1(CCC3(CC3)CC1)CN2C(=O)c1cccc(S(=O)(=O)N2CCCCC2)c1.[HH]. The second-order valence-corrected chi connectivity index (χ2v) is 15.5. The number of amides is 1. The van der Waals surface area contributed by atoms with Crippen molar-refractivity contribution in [3.8, 4) is 0 Å². The molecule has 2 spiro atoms. The highest BCUT2D eigenvalue weighted by Gasteiger charge is 2.53. The number of carbonyl (C=O) groups is 1. The number of hydrogen-bond donors (Lipinski definition) is 1. The molecule has 1 saturated heterocycles. The maximum Gasteiger partial charge on any atom is 0.258 e. The fraction of sp³-hybridized carbons (Fsp3) is 0.536.